The van der Waals surface area contributed by atoms with E-state index in [4.69, 9.17) is 5.11 Å². The summed E-state index contributed by atoms with van der Waals surface area (Å²) in [6, 6.07) is 19.8. The Kier molecular flexibility index (Phi) is 7.32. The zero-order valence-corrected chi connectivity index (χ0v) is 18.2. The number of aromatic carboxylic acids is 2. The highest BCUT2D eigenvalue weighted by Crippen LogP contribution is 2.21. The second-order valence-corrected chi connectivity index (χ2v) is 9.44. The molecule has 1 N–H and O–H groups in total. The van der Waals surface area contributed by atoms with Gasteiger partial charge >= 0.3 is 5.97 Å². The summed E-state index contributed by atoms with van der Waals surface area (Å²) in [5.74, 6) is -2.55. The van der Waals surface area contributed by atoms with Crippen molar-refractivity contribution in [2.75, 3.05) is 21.1 Å². The van der Waals surface area contributed by atoms with Crippen LogP contribution in [0.4, 0.5) is 5.69 Å². The van der Waals surface area contributed by atoms with Crippen molar-refractivity contribution in [3.05, 3.63) is 90.0 Å². The Morgan fingerprint density at radius 2 is 1.16 bits per heavy atom. The van der Waals surface area contributed by atoms with Crippen LogP contribution in [0.15, 0.2) is 88.7 Å². The third-order valence-electron chi connectivity index (χ3n) is 4.34. The number of carboxylic acid groups (broad SMARTS) is 2. The van der Waals surface area contributed by atoms with E-state index < -0.39 is 21.8 Å². The molecule has 0 atom stereocenters. The van der Waals surface area contributed by atoms with Crippen LogP contribution in [-0.4, -0.2) is 46.6 Å². The molecule has 0 saturated heterocycles. The Bertz CT molecular complexity index is 1080. The van der Waals surface area contributed by atoms with Gasteiger partial charge in [-0.15, -0.1) is 0 Å². The number of para-hydroxylation sites is 1. The Balaban J connectivity index is 0.000000285. The third-order valence-corrected chi connectivity index (χ3v) is 6.13. The molecule has 162 valence electrons. The number of hydrogen-bond acceptors (Lipinski definition) is 5. The molecular weight excluding hydrogens is 418 g/mol. The van der Waals surface area contributed by atoms with Crippen LogP contribution in [0.25, 0.3) is 0 Å². The fourth-order valence-corrected chi connectivity index (χ4v) is 3.82. The van der Waals surface area contributed by atoms with Gasteiger partial charge in [0.2, 0.25) is 9.84 Å². The van der Waals surface area contributed by atoms with E-state index in [1.54, 1.807) is 0 Å². The van der Waals surface area contributed by atoms with E-state index in [0.29, 0.717) is 0 Å². The highest BCUT2D eigenvalue weighted by Gasteiger charge is 2.18. The second-order valence-electron chi connectivity index (χ2n) is 7.49. The normalized spacial score (nSPS) is 11.2. The maximum atomic E-state index is 12.3. The molecule has 7 nitrogen and oxygen atoms in total. The van der Waals surface area contributed by atoms with Crippen LogP contribution in [0.2, 0.25) is 0 Å². The van der Waals surface area contributed by atoms with Gasteiger partial charge in [-0.25, -0.2) is 13.2 Å². The first kappa shape index (κ1) is 23.8. The second kappa shape index (κ2) is 9.55. The fourth-order valence-electron chi connectivity index (χ4n) is 2.56. The molecule has 0 aliphatic heterocycles. The monoisotopic (exact) mass is 441 g/mol. The molecule has 0 aromatic heterocycles. The van der Waals surface area contributed by atoms with Gasteiger partial charge in [0.1, 0.15) is 5.69 Å². The number of quaternary nitrogens is 1. The minimum atomic E-state index is -3.83. The number of carbonyl (C=O) groups is 2. The molecule has 0 heterocycles. The van der Waals surface area contributed by atoms with Gasteiger partial charge in [0.15, 0.2) is 0 Å². The summed E-state index contributed by atoms with van der Waals surface area (Å²) in [5.41, 5.74) is 1.18. The fraction of sp³-hybridized carbons (Fsp3) is 0.130. The van der Waals surface area contributed by atoms with Crippen molar-refractivity contribution in [2.45, 2.75) is 9.79 Å². The summed E-state index contributed by atoms with van der Waals surface area (Å²) in [6.45, 7) is 0. The molecule has 3 rings (SSSR count). The molecule has 31 heavy (non-hydrogen) atoms. The lowest BCUT2D eigenvalue weighted by Gasteiger charge is -2.22. The van der Waals surface area contributed by atoms with E-state index in [9.17, 15) is 23.1 Å². The van der Waals surface area contributed by atoms with Gasteiger partial charge in [0, 0.05) is 0 Å². The Morgan fingerprint density at radius 1 is 0.742 bits per heavy atom. The van der Waals surface area contributed by atoms with E-state index in [1.165, 1.54) is 30.0 Å². The van der Waals surface area contributed by atoms with Crippen molar-refractivity contribution in [3.8, 4) is 0 Å². The van der Waals surface area contributed by atoms with Crippen molar-refractivity contribution in [1.29, 1.82) is 0 Å². The topological polar surface area (TPSA) is 112 Å². The predicted octanol–water partition coefficient (Wildman–Crippen LogP) is 2.46. The quantitative estimate of drug-likeness (QED) is 0.609. The van der Waals surface area contributed by atoms with Gasteiger partial charge in [-0.1, -0.05) is 30.3 Å². The molecule has 3 aromatic carbocycles. The standard InChI is InChI=1S/C14H10O6S.C9H14N/c15-13(16)9-1-5-11(6-2-9)21(19,20)12-7-3-10(4-8-12)14(17)18;1-10(2,3)9-7-5-4-6-8-9/h1-8H,(H,15,16)(H,17,18);4-8H,1-3H3/q;+1/p-1. The van der Waals surface area contributed by atoms with Crippen LogP contribution >= 0.6 is 0 Å². The van der Waals surface area contributed by atoms with Crippen LogP contribution < -0.4 is 9.59 Å². The summed E-state index contributed by atoms with van der Waals surface area (Å²) < 4.78 is 25.5. The van der Waals surface area contributed by atoms with Crippen molar-refractivity contribution < 1.29 is 28.2 Å². The summed E-state index contributed by atoms with van der Waals surface area (Å²) in [5, 5.41) is 19.4. The van der Waals surface area contributed by atoms with Crippen molar-refractivity contribution in [2.24, 2.45) is 0 Å². The van der Waals surface area contributed by atoms with Crippen LogP contribution in [0.1, 0.15) is 20.7 Å². The molecular formula is C23H23NO6S. The number of benzene rings is 3. The number of nitrogens with zero attached hydrogens (tertiary/aromatic N) is 1. The van der Waals surface area contributed by atoms with Crippen LogP contribution in [0.3, 0.4) is 0 Å². The van der Waals surface area contributed by atoms with Gasteiger partial charge < -0.3 is 15.0 Å². The van der Waals surface area contributed by atoms with E-state index >= 15 is 0 Å². The molecule has 0 aliphatic rings. The first-order chi connectivity index (χ1) is 14.4. The summed E-state index contributed by atoms with van der Waals surface area (Å²) >= 11 is 0. The minimum Gasteiger partial charge on any atom is -0.545 e. The number of rotatable bonds is 5. The van der Waals surface area contributed by atoms with Crippen LogP contribution in [0, 0.1) is 0 Å². The van der Waals surface area contributed by atoms with E-state index in [0.717, 1.165) is 28.7 Å². The highest BCUT2D eigenvalue weighted by atomic mass is 32.2. The molecule has 0 aliphatic carbocycles. The first-order valence-corrected chi connectivity index (χ1v) is 10.7. The summed E-state index contributed by atoms with van der Waals surface area (Å²) in [7, 11) is 2.66. The maximum Gasteiger partial charge on any atom is 0.335 e. The van der Waals surface area contributed by atoms with Gasteiger partial charge in [0.25, 0.3) is 0 Å². The number of carboxylic acids is 2. The minimum absolute atomic E-state index is 0.0266. The van der Waals surface area contributed by atoms with E-state index in [2.05, 4.69) is 45.4 Å². The molecule has 0 saturated carbocycles. The smallest absolute Gasteiger partial charge is 0.335 e. The number of hydrogen-bond donors (Lipinski definition) is 1. The zero-order valence-electron chi connectivity index (χ0n) is 17.3. The number of sulfone groups is 1. The molecule has 0 spiro atoms. The first-order valence-electron chi connectivity index (χ1n) is 9.20. The molecule has 0 bridgehead atoms. The van der Waals surface area contributed by atoms with Crippen LogP contribution in [0.5, 0.6) is 0 Å². The van der Waals surface area contributed by atoms with E-state index in [-0.39, 0.29) is 20.9 Å². The van der Waals surface area contributed by atoms with Gasteiger partial charge in [0.05, 0.1) is 42.5 Å². The summed E-state index contributed by atoms with van der Waals surface area (Å²) in [6.07, 6.45) is 0. The molecule has 3 aromatic rings. The molecule has 0 radical (unpaired) electrons. The van der Waals surface area contributed by atoms with Crippen molar-refractivity contribution in [3.63, 3.8) is 0 Å². The Hall–Kier alpha value is -3.49. The lowest BCUT2D eigenvalue weighted by molar-refractivity contribution is -0.255. The van der Waals surface area contributed by atoms with Gasteiger partial charge in [-0.2, -0.15) is 0 Å². The SMILES string of the molecule is C[N+](C)(C)c1ccccc1.O=C([O-])c1ccc(S(=O)(=O)c2ccc(C(=O)O)cc2)cc1. The highest BCUT2D eigenvalue weighted by molar-refractivity contribution is 7.91. The third kappa shape index (κ3) is 6.24. The van der Waals surface area contributed by atoms with E-state index in [1.807, 2.05) is 6.07 Å². The predicted molar refractivity (Wildman–Crippen MR) is 116 cm³/mol. The Morgan fingerprint density at radius 3 is 1.48 bits per heavy atom. The zero-order chi connectivity index (χ0) is 23.2. The average Bonchev–Trinajstić information content (AvgIpc) is 2.74. The Labute approximate surface area is 181 Å². The van der Waals surface area contributed by atoms with Crippen LogP contribution in [-0.2, 0) is 9.84 Å². The average molecular weight is 442 g/mol. The summed E-state index contributed by atoms with van der Waals surface area (Å²) in [4.78, 5) is 21.2. The number of carbonyl (C=O) groups excluding carboxylic acids is 1. The van der Waals surface area contributed by atoms with Crippen molar-refractivity contribution in [1.82, 2.24) is 4.48 Å². The molecule has 0 fully saturated rings. The molecule has 0 amide bonds. The largest absolute Gasteiger partial charge is 0.545 e. The lowest BCUT2D eigenvalue weighted by atomic mass is 10.2. The van der Waals surface area contributed by atoms with Gasteiger partial charge in [-0.3, -0.25) is 4.48 Å². The van der Waals surface area contributed by atoms with Crippen molar-refractivity contribution >= 4 is 27.5 Å². The molecule has 0 unspecified atom stereocenters. The van der Waals surface area contributed by atoms with Gasteiger partial charge in [-0.05, 0) is 54.1 Å². The lowest BCUT2D eigenvalue weighted by Crippen LogP contribution is -2.34. The molecule has 8 heteroatoms. The maximum absolute atomic E-state index is 12.3.